The van der Waals surface area contributed by atoms with E-state index in [9.17, 15) is 22.8 Å². The van der Waals surface area contributed by atoms with Crippen molar-refractivity contribution in [3.05, 3.63) is 39.2 Å². The molecule has 1 saturated heterocycles. The number of pyridine rings is 1. The van der Waals surface area contributed by atoms with Crippen LogP contribution in [0.4, 0.5) is 23.8 Å². The van der Waals surface area contributed by atoms with Gasteiger partial charge in [-0.15, -0.1) is 22.7 Å². The van der Waals surface area contributed by atoms with E-state index in [4.69, 9.17) is 4.74 Å². The molecule has 3 aromatic heterocycles. The van der Waals surface area contributed by atoms with E-state index in [1.807, 2.05) is 5.38 Å². The summed E-state index contributed by atoms with van der Waals surface area (Å²) in [4.78, 5) is 34.6. The maximum absolute atomic E-state index is 13.8. The van der Waals surface area contributed by atoms with Gasteiger partial charge in [-0.05, 0) is 13.0 Å². The molecule has 34 heavy (non-hydrogen) atoms. The van der Waals surface area contributed by atoms with Crippen molar-refractivity contribution in [1.29, 1.82) is 0 Å². The second kappa shape index (κ2) is 9.74. The van der Waals surface area contributed by atoms with E-state index in [-0.39, 0.29) is 33.7 Å². The van der Waals surface area contributed by atoms with Crippen LogP contribution in [0.5, 0.6) is 0 Å². The van der Waals surface area contributed by atoms with Crippen molar-refractivity contribution in [3.63, 3.8) is 0 Å². The summed E-state index contributed by atoms with van der Waals surface area (Å²) < 4.78 is 46.7. The number of thiophene rings is 1. The minimum absolute atomic E-state index is 0.0306. The molecule has 1 atom stereocenters. The SMILES string of the molecule is CNC(=O)c1csc2c(C(F)(F)F)cc(N3CCC(OC(=O)N[C@@H](C)c4nccs4)CC3)nc12. The summed E-state index contributed by atoms with van der Waals surface area (Å²) in [5.41, 5.74) is -0.677. The van der Waals surface area contributed by atoms with Crippen LogP contribution in [-0.4, -0.2) is 48.2 Å². The molecule has 8 nitrogen and oxygen atoms in total. The molecule has 0 unspecified atom stereocenters. The third-order valence-electron chi connectivity index (χ3n) is 5.48. The molecule has 0 bridgehead atoms. The van der Waals surface area contributed by atoms with E-state index in [1.165, 1.54) is 23.8 Å². The smallest absolute Gasteiger partial charge is 0.417 e. The first-order valence-electron chi connectivity index (χ1n) is 10.5. The summed E-state index contributed by atoms with van der Waals surface area (Å²) in [6.45, 7) is 2.52. The van der Waals surface area contributed by atoms with E-state index in [2.05, 4.69) is 20.6 Å². The highest BCUT2D eigenvalue weighted by molar-refractivity contribution is 7.17. The molecule has 0 radical (unpaired) electrons. The Hall–Kier alpha value is -2.93. The average molecular weight is 514 g/mol. The number of hydrogen-bond donors (Lipinski definition) is 2. The molecular formula is C21H22F3N5O3S2. The highest BCUT2D eigenvalue weighted by atomic mass is 32.1. The number of ether oxygens (including phenoxy) is 1. The zero-order chi connectivity index (χ0) is 24.5. The van der Waals surface area contributed by atoms with Gasteiger partial charge >= 0.3 is 12.3 Å². The standard InChI is InChI=1S/C21H22F3N5O3S2/c1-11(19-26-5-8-33-19)27-20(31)32-12-3-6-29(7-4-12)15-9-14(21(22,23)24)17-16(28-15)13(10-34-17)18(30)25-2/h5,8-12H,3-4,6-7H2,1-2H3,(H,25,30)(H,27,31)/t11-/m0/s1. The average Bonchev–Trinajstić information content (AvgIpc) is 3.48. The predicted molar refractivity (Wildman–Crippen MR) is 123 cm³/mol. The summed E-state index contributed by atoms with van der Waals surface area (Å²) in [6.07, 6.45) is -2.99. The number of halogens is 3. The van der Waals surface area contributed by atoms with Gasteiger partial charge in [0.05, 0.1) is 27.4 Å². The van der Waals surface area contributed by atoms with Crippen LogP contribution in [0.25, 0.3) is 10.2 Å². The number of piperidine rings is 1. The molecule has 3 aromatic rings. The zero-order valence-corrected chi connectivity index (χ0v) is 19.9. The molecule has 0 aromatic carbocycles. The second-order valence-corrected chi connectivity index (χ2v) is 9.57. The number of carbonyl (C=O) groups excluding carboxylic acids is 2. The maximum atomic E-state index is 13.8. The van der Waals surface area contributed by atoms with Gasteiger partial charge in [-0.3, -0.25) is 4.79 Å². The number of carbonyl (C=O) groups is 2. The topological polar surface area (TPSA) is 96.5 Å². The molecule has 4 rings (SSSR count). The van der Waals surface area contributed by atoms with Gasteiger partial charge in [-0.1, -0.05) is 0 Å². The number of aromatic nitrogens is 2. The van der Waals surface area contributed by atoms with Crippen molar-refractivity contribution in [3.8, 4) is 0 Å². The fourth-order valence-corrected chi connectivity index (χ4v) is 5.41. The number of nitrogens with one attached hydrogen (secondary N) is 2. The van der Waals surface area contributed by atoms with Gasteiger partial charge in [0.2, 0.25) is 0 Å². The summed E-state index contributed by atoms with van der Waals surface area (Å²) in [5, 5.41) is 9.14. The molecule has 0 spiro atoms. The normalized spacial score (nSPS) is 15.9. The monoisotopic (exact) mass is 513 g/mol. The van der Waals surface area contributed by atoms with Crippen LogP contribution in [0.1, 0.15) is 46.7 Å². The van der Waals surface area contributed by atoms with Crippen molar-refractivity contribution < 1.29 is 27.5 Å². The number of fused-ring (bicyclic) bond motifs is 1. The lowest BCUT2D eigenvalue weighted by molar-refractivity contribution is -0.136. The second-order valence-electron chi connectivity index (χ2n) is 7.76. The fraction of sp³-hybridized carbons (Fsp3) is 0.429. The van der Waals surface area contributed by atoms with E-state index in [0.717, 1.165) is 22.4 Å². The van der Waals surface area contributed by atoms with E-state index >= 15 is 0 Å². The third kappa shape index (κ3) is 5.09. The molecule has 2 amide bonds. The number of rotatable bonds is 5. The fourth-order valence-electron chi connectivity index (χ4n) is 3.74. The van der Waals surface area contributed by atoms with Gasteiger partial charge in [0.15, 0.2) is 0 Å². The van der Waals surface area contributed by atoms with E-state index in [0.29, 0.717) is 25.9 Å². The van der Waals surface area contributed by atoms with Crippen LogP contribution < -0.4 is 15.5 Å². The van der Waals surface area contributed by atoms with E-state index < -0.39 is 23.7 Å². The number of anilines is 1. The molecule has 4 heterocycles. The van der Waals surface area contributed by atoms with Crippen molar-refractivity contribution in [2.45, 2.75) is 38.1 Å². The molecule has 182 valence electrons. The Morgan fingerprint density at radius 1 is 1.26 bits per heavy atom. The summed E-state index contributed by atoms with van der Waals surface area (Å²) in [7, 11) is 1.42. The molecule has 2 N–H and O–H groups in total. The predicted octanol–water partition coefficient (Wildman–Crippen LogP) is 4.59. The molecule has 1 fully saturated rings. The lowest BCUT2D eigenvalue weighted by Gasteiger charge is -2.33. The van der Waals surface area contributed by atoms with Crippen LogP contribution in [0.15, 0.2) is 23.0 Å². The number of hydrogen-bond acceptors (Lipinski definition) is 8. The largest absolute Gasteiger partial charge is 0.446 e. The Bertz CT molecular complexity index is 1170. The molecular weight excluding hydrogens is 491 g/mol. The highest BCUT2D eigenvalue weighted by Gasteiger charge is 2.36. The van der Waals surface area contributed by atoms with Crippen LogP contribution in [0.3, 0.4) is 0 Å². The Kier molecular flexibility index (Phi) is 6.94. The minimum Gasteiger partial charge on any atom is -0.446 e. The Labute approximate surface area is 201 Å². The number of nitrogens with zero attached hydrogens (tertiary/aromatic N) is 3. The minimum atomic E-state index is -4.59. The number of alkyl halides is 3. The number of alkyl carbamates (subject to hydrolysis) is 1. The van der Waals surface area contributed by atoms with Crippen molar-refractivity contribution >= 4 is 50.7 Å². The van der Waals surface area contributed by atoms with Crippen LogP contribution in [0, 0.1) is 0 Å². The number of amides is 2. The Morgan fingerprint density at radius 3 is 2.62 bits per heavy atom. The lowest BCUT2D eigenvalue weighted by atomic mass is 10.1. The molecule has 1 aliphatic heterocycles. The summed E-state index contributed by atoms with van der Waals surface area (Å²) in [6, 6.07) is 0.736. The number of thiazole rings is 1. The van der Waals surface area contributed by atoms with Crippen molar-refractivity contribution in [2.75, 3.05) is 25.0 Å². The first kappa shape index (κ1) is 24.2. The van der Waals surface area contributed by atoms with Crippen LogP contribution in [0.2, 0.25) is 0 Å². The van der Waals surface area contributed by atoms with Crippen LogP contribution in [-0.2, 0) is 10.9 Å². The van der Waals surface area contributed by atoms with Crippen LogP contribution >= 0.6 is 22.7 Å². The van der Waals surface area contributed by atoms with Crippen molar-refractivity contribution in [1.82, 2.24) is 20.6 Å². The first-order chi connectivity index (χ1) is 16.2. The van der Waals surface area contributed by atoms with Gasteiger partial charge in [0, 0.05) is 49.9 Å². The summed E-state index contributed by atoms with van der Waals surface area (Å²) >= 11 is 2.27. The van der Waals surface area contributed by atoms with Gasteiger partial charge in [-0.25, -0.2) is 14.8 Å². The summed E-state index contributed by atoms with van der Waals surface area (Å²) in [5.74, 6) is -0.349. The Balaban J connectivity index is 1.46. The molecule has 1 aliphatic rings. The molecule has 0 aliphatic carbocycles. The van der Waals surface area contributed by atoms with Gasteiger partial charge in [-0.2, -0.15) is 13.2 Å². The van der Waals surface area contributed by atoms with Gasteiger partial charge in [0.25, 0.3) is 5.91 Å². The zero-order valence-electron chi connectivity index (χ0n) is 18.3. The Morgan fingerprint density at radius 2 is 2.00 bits per heavy atom. The maximum Gasteiger partial charge on any atom is 0.417 e. The van der Waals surface area contributed by atoms with Crippen molar-refractivity contribution in [2.24, 2.45) is 0 Å². The van der Waals surface area contributed by atoms with E-state index in [1.54, 1.807) is 18.0 Å². The quantitative estimate of drug-likeness (QED) is 0.518. The van der Waals surface area contributed by atoms with Gasteiger partial charge < -0.3 is 20.3 Å². The molecule has 13 heteroatoms. The highest BCUT2D eigenvalue weighted by Crippen LogP contribution is 2.40. The van der Waals surface area contributed by atoms with Gasteiger partial charge in [0.1, 0.15) is 16.9 Å². The molecule has 0 saturated carbocycles. The third-order valence-corrected chi connectivity index (χ3v) is 7.44. The first-order valence-corrected chi connectivity index (χ1v) is 12.3. The lowest BCUT2D eigenvalue weighted by Crippen LogP contribution is -2.40.